The number of rotatable bonds is 4. The second-order valence-corrected chi connectivity index (χ2v) is 3.99. The molecule has 1 N–H and O–H groups in total. The van der Waals surface area contributed by atoms with Crippen LogP contribution in [0, 0.1) is 5.82 Å². The number of hydrogen-bond donors (Lipinski definition) is 1. The van der Waals surface area contributed by atoms with E-state index in [-0.39, 0.29) is 12.0 Å². The smallest absolute Gasteiger partial charge is 0.232 e. The van der Waals surface area contributed by atoms with Gasteiger partial charge in [0.15, 0.2) is 5.78 Å². The lowest BCUT2D eigenvalue weighted by atomic mass is 10.1. The SMILES string of the molecule is O=C(CC(=O)c1ccccc1F)Nc1ccccc1. The molecule has 0 aliphatic rings. The fourth-order valence-electron chi connectivity index (χ4n) is 1.66. The number of nitrogens with one attached hydrogen (secondary N) is 1. The minimum atomic E-state index is -0.611. The number of ketones is 1. The molecule has 0 heterocycles. The van der Waals surface area contributed by atoms with Crippen molar-refractivity contribution in [1.29, 1.82) is 0 Å². The molecule has 0 radical (unpaired) electrons. The predicted molar refractivity (Wildman–Crippen MR) is 70.4 cm³/mol. The molecule has 2 aromatic carbocycles. The summed E-state index contributed by atoms with van der Waals surface area (Å²) in [5, 5.41) is 2.58. The Morgan fingerprint density at radius 2 is 1.58 bits per heavy atom. The van der Waals surface area contributed by atoms with Crippen molar-refractivity contribution in [1.82, 2.24) is 0 Å². The van der Waals surface area contributed by atoms with Gasteiger partial charge in [0.2, 0.25) is 5.91 Å². The quantitative estimate of drug-likeness (QED) is 0.676. The Morgan fingerprint density at radius 3 is 2.26 bits per heavy atom. The lowest BCUT2D eigenvalue weighted by Crippen LogP contribution is -2.17. The van der Waals surface area contributed by atoms with Crippen LogP contribution in [0.3, 0.4) is 0 Å². The first-order chi connectivity index (χ1) is 9.16. The van der Waals surface area contributed by atoms with Crippen LogP contribution in [0.4, 0.5) is 10.1 Å². The molecule has 0 aliphatic carbocycles. The number of carbonyl (C=O) groups excluding carboxylic acids is 2. The number of hydrogen-bond acceptors (Lipinski definition) is 2. The maximum atomic E-state index is 13.4. The molecule has 19 heavy (non-hydrogen) atoms. The largest absolute Gasteiger partial charge is 0.326 e. The molecule has 0 atom stereocenters. The van der Waals surface area contributed by atoms with Crippen molar-refractivity contribution in [3.8, 4) is 0 Å². The van der Waals surface area contributed by atoms with Gasteiger partial charge in [-0.1, -0.05) is 30.3 Å². The Bertz CT molecular complexity index is 596. The van der Waals surface area contributed by atoms with E-state index >= 15 is 0 Å². The monoisotopic (exact) mass is 257 g/mol. The fraction of sp³-hybridized carbons (Fsp3) is 0.0667. The summed E-state index contributed by atoms with van der Waals surface area (Å²) in [6, 6.07) is 14.4. The summed E-state index contributed by atoms with van der Waals surface area (Å²) in [5.74, 6) is -1.61. The van der Waals surface area contributed by atoms with Gasteiger partial charge in [-0.2, -0.15) is 0 Å². The van der Waals surface area contributed by atoms with Crippen LogP contribution in [0.25, 0.3) is 0 Å². The average molecular weight is 257 g/mol. The Morgan fingerprint density at radius 1 is 0.947 bits per heavy atom. The molecule has 0 aromatic heterocycles. The molecule has 3 nitrogen and oxygen atoms in total. The van der Waals surface area contributed by atoms with Crippen LogP contribution < -0.4 is 5.32 Å². The lowest BCUT2D eigenvalue weighted by Gasteiger charge is -2.05. The van der Waals surface area contributed by atoms with E-state index in [2.05, 4.69) is 5.32 Å². The highest BCUT2D eigenvalue weighted by molar-refractivity contribution is 6.11. The lowest BCUT2D eigenvalue weighted by molar-refractivity contribution is -0.115. The third kappa shape index (κ3) is 3.48. The van der Waals surface area contributed by atoms with Crippen molar-refractivity contribution in [3.05, 3.63) is 66.0 Å². The van der Waals surface area contributed by atoms with Crippen molar-refractivity contribution in [2.75, 3.05) is 5.32 Å². The Kier molecular flexibility index (Phi) is 4.03. The van der Waals surface area contributed by atoms with Crippen LogP contribution in [-0.2, 0) is 4.79 Å². The first kappa shape index (κ1) is 13.0. The van der Waals surface area contributed by atoms with Crippen molar-refractivity contribution < 1.29 is 14.0 Å². The summed E-state index contributed by atoms with van der Waals surface area (Å²) in [6.07, 6.45) is -0.379. The number of amides is 1. The van der Waals surface area contributed by atoms with E-state index in [9.17, 15) is 14.0 Å². The second-order valence-electron chi connectivity index (χ2n) is 3.99. The number of para-hydroxylation sites is 1. The first-order valence-electron chi connectivity index (χ1n) is 5.79. The standard InChI is InChI=1S/C15H12FNO2/c16-13-9-5-4-8-12(13)14(18)10-15(19)17-11-6-2-1-3-7-11/h1-9H,10H2,(H,17,19). The molecule has 0 unspecified atom stereocenters. The topological polar surface area (TPSA) is 46.2 Å². The van der Waals surface area contributed by atoms with Crippen molar-refractivity contribution in [2.24, 2.45) is 0 Å². The van der Waals surface area contributed by atoms with Gasteiger partial charge in [0.1, 0.15) is 5.82 Å². The van der Waals surface area contributed by atoms with Gasteiger partial charge in [0.25, 0.3) is 0 Å². The van der Waals surface area contributed by atoms with E-state index in [0.29, 0.717) is 5.69 Å². The summed E-state index contributed by atoms with van der Waals surface area (Å²) in [6.45, 7) is 0. The van der Waals surface area contributed by atoms with Gasteiger partial charge in [-0.15, -0.1) is 0 Å². The second kappa shape index (κ2) is 5.91. The average Bonchev–Trinajstić information content (AvgIpc) is 2.40. The molecule has 0 aliphatic heterocycles. The number of anilines is 1. The molecule has 2 rings (SSSR count). The normalized spacial score (nSPS) is 9.95. The van der Waals surface area contributed by atoms with E-state index in [1.807, 2.05) is 6.07 Å². The highest BCUT2D eigenvalue weighted by Crippen LogP contribution is 2.11. The zero-order chi connectivity index (χ0) is 13.7. The van der Waals surface area contributed by atoms with Crippen LogP contribution in [0.2, 0.25) is 0 Å². The third-order valence-corrected chi connectivity index (χ3v) is 2.55. The molecule has 1 amide bonds. The van der Waals surface area contributed by atoms with E-state index < -0.39 is 17.5 Å². The van der Waals surface area contributed by atoms with Gasteiger partial charge in [-0.25, -0.2) is 4.39 Å². The Hall–Kier alpha value is -2.49. The molecule has 4 heteroatoms. The van der Waals surface area contributed by atoms with Gasteiger partial charge < -0.3 is 5.32 Å². The molecule has 2 aromatic rings. The van der Waals surface area contributed by atoms with E-state index in [4.69, 9.17) is 0 Å². The Labute approximate surface area is 110 Å². The van der Waals surface area contributed by atoms with Gasteiger partial charge >= 0.3 is 0 Å². The molecule has 96 valence electrons. The van der Waals surface area contributed by atoms with E-state index in [0.717, 1.165) is 0 Å². The maximum absolute atomic E-state index is 13.4. The number of carbonyl (C=O) groups is 2. The van der Waals surface area contributed by atoms with Crippen LogP contribution in [0.1, 0.15) is 16.8 Å². The van der Waals surface area contributed by atoms with Crippen molar-refractivity contribution in [2.45, 2.75) is 6.42 Å². The van der Waals surface area contributed by atoms with Gasteiger partial charge in [0.05, 0.1) is 12.0 Å². The van der Waals surface area contributed by atoms with Crippen LogP contribution in [-0.4, -0.2) is 11.7 Å². The number of Topliss-reactive ketones (excluding diaryl/α,β-unsaturated/α-hetero) is 1. The summed E-state index contributed by atoms with van der Waals surface area (Å²) >= 11 is 0. The molecule has 0 bridgehead atoms. The van der Waals surface area contributed by atoms with E-state index in [1.165, 1.54) is 18.2 Å². The number of benzene rings is 2. The molecular formula is C15H12FNO2. The molecule has 0 spiro atoms. The highest BCUT2D eigenvalue weighted by atomic mass is 19.1. The van der Waals surface area contributed by atoms with Crippen molar-refractivity contribution >= 4 is 17.4 Å². The summed E-state index contributed by atoms with van der Waals surface area (Å²) in [4.78, 5) is 23.4. The molecule has 0 saturated carbocycles. The molecule has 0 fully saturated rings. The molecular weight excluding hydrogens is 245 g/mol. The highest BCUT2D eigenvalue weighted by Gasteiger charge is 2.15. The van der Waals surface area contributed by atoms with Gasteiger partial charge in [0, 0.05) is 5.69 Å². The summed E-state index contributed by atoms with van der Waals surface area (Å²) in [5.41, 5.74) is 0.541. The van der Waals surface area contributed by atoms with Gasteiger partial charge in [-0.05, 0) is 24.3 Å². The van der Waals surface area contributed by atoms with E-state index in [1.54, 1.807) is 30.3 Å². The zero-order valence-electron chi connectivity index (χ0n) is 10.1. The minimum Gasteiger partial charge on any atom is -0.326 e. The van der Waals surface area contributed by atoms with Gasteiger partial charge in [-0.3, -0.25) is 9.59 Å². The fourth-order valence-corrected chi connectivity index (χ4v) is 1.66. The Balaban J connectivity index is 2.00. The minimum absolute atomic E-state index is 0.0642. The molecule has 0 saturated heterocycles. The first-order valence-corrected chi connectivity index (χ1v) is 5.79. The van der Waals surface area contributed by atoms with Crippen LogP contribution in [0.5, 0.6) is 0 Å². The van der Waals surface area contributed by atoms with Crippen LogP contribution in [0.15, 0.2) is 54.6 Å². The van der Waals surface area contributed by atoms with Crippen molar-refractivity contribution in [3.63, 3.8) is 0 Å². The summed E-state index contributed by atoms with van der Waals surface area (Å²) < 4.78 is 13.4. The van der Waals surface area contributed by atoms with Crippen LogP contribution >= 0.6 is 0 Å². The zero-order valence-corrected chi connectivity index (χ0v) is 10.1. The predicted octanol–water partition coefficient (Wildman–Crippen LogP) is 3.04. The number of halogens is 1. The third-order valence-electron chi connectivity index (χ3n) is 2.55. The summed E-state index contributed by atoms with van der Waals surface area (Å²) in [7, 11) is 0. The maximum Gasteiger partial charge on any atom is 0.232 e.